The molecule has 100 valence electrons. The molecule has 0 aromatic carbocycles. The molecule has 0 aromatic rings. The van der Waals surface area contributed by atoms with Gasteiger partial charge < -0.3 is 0 Å². The van der Waals surface area contributed by atoms with Crippen LogP contribution in [0, 0.1) is 5.41 Å². The number of ketones is 1. The minimum absolute atomic E-state index is 0.0186. The first kappa shape index (κ1) is 16.4. The normalized spacial score (nSPS) is 11.5. The Morgan fingerprint density at radius 3 is 2.12 bits per heavy atom. The molecule has 0 saturated carbocycles. The summed E-state index contributed by atoms with van der Waals surface area (Å²) in [5.74, 6) is 0.278. The van der Waals surface area contributed by atoms with Gasteiger partial charge in [-0.05, 0) is 23.8 Å². The van der Waals surface area contributed by atoms with Crippen LogP contribution < -0.4 is 0 Å². The minimum Gasteiger partial charge on any atom is -0.295 e. The number of allylic oxidation sites excluding steroid dienone is 1. The average molecular weight is 238 g/mol. The second-order valence-corrected chi connectivity index (χ2v) is 5.70. The fraction of sp³-hybridized carbons (Fsp3) is 0.812. The van der Waals surface area contributed by atoms with Crippen LogP contribution in [0.1, 0.15) is 79.1 Å². The van der Waals surface area contributed by atoms with E-state index in [2.05, 4.69) is 34.3 Å². The Bertz CT molecular complexity index is 238. The van der Waals surface area contributed by atoms with Gasteiger partial charge in [-0.1, -0.05) is 66.4 Å². The third-order valence-electron chi connectivity index (χ3n) is 3.54. The number of rotatable bonds is 10. The Balaban J connectivity index is 3.93. The van der Waals surface area contributed by atoms with Crippen molar-refractivity contribution in [2.45, 2.75) is 79.1 Å². The highest BCUT2D eigenvalue weighted by Crippen LogP contribution is 2.31. The molecule has 0 aliphatic rings. The summed E-state index contributed by atoms with van der Waals surface area (Å²) >= 11 is 0. The number of hydrogen-bond acceptors (Lipinski definition) is 1. The Morgan fingerprint density at radius 2 is 1.59 bits per heavy atom. The molecule has 0 unspecified atom stereocenters. The van der Waals surface area contributed by atoms with Crippen LogP contribution in [0.3, 0.4) is 0 Å². The zero-order chi connectivity index (χ0) is 13.3. The van der Waals surface area contributed by atoms with E-state index in [1.807, 2.05) is 0 Å². The molecule has 0 bridgehead atoms. The maximum atomic E-state index is 12.0. The SMILES string of the molecule is C=C(C(=O)CCCCCCC)C(C)(C)CCC. The van der Waals surface area contributed by atoms with E-state index in [1.165, 1.54) is 25.7 Å². The summed E-state index contributed by atoms with van der Waals surface area (Å²) in [4.78, 5) is 12.0. The van der Waals surface area contributed by atoms with Crippen molar-refractivity contribution < 1.29 is 4.79 Å². The zero-order valence-corrected chi connectivity index (χ0v) is 12.3. The van der Waals surface area contributed by atoms with Crippen molar-refractivity contribution in [3.8, 4) is 0 Å². The standard InChI is InChI=1S/C16H30O/c1-6-8-9-10-11-12-15(17)14(3)16(4,5)13-7-2/h3,6-13H2,1-2,4-5H3. The fourth-order valence-corrected chi connectivity index (χ4v) is 2.19. The van der Waals surface area contributed by atoms with Gasteiger partial charge in [0.2, 0.25) is 0 Å². The lowest BCUT2D eigenvalue weighted by atomic mass is 9.78. The largest absolute Gasteiger partial charge is 0.295 e. The smallest absolute Gasteiger partial charge is 0.158 e. The molecule has 0 saturated heterocycles. The summed E-state index contributed by atoms with van der Waals surface area (Å²) in [5.41, 5.74) is 0.810. The highest BCUT2D eigenvalue weighted by Gasteiger charge is 2.25. The van der Waals surface area contributed by atoms with Crippen molar-refractivity contribution in [2.75, 3.05) is 0 Å². The maximum Gasteiger partial charge on any atom is 0.158 e. The van der Waals surface area contributed by atoms with Gasteiger partial charge in [0.1, 0.15) is 0 Å². The van der Waals surface area contributed by atoms with Gasteiger partial charge in [-0.3, -0.25) is 4.79 Å². The number of unbranched alkanes of at least 4 members (excludes halogenated alkanes) is 4. The number of carbonyl (C=O) groups excluding carboxylic acids is 1. The molecular formula is C16H30O. The van der Waals surface area contributed by atoms with Crippen LogP contribution in [-0.2, 0) is 4.79 Å². The third kappa shape index (κ3) is 6.65. The van der Waals surface area contributed by atoms with E-state index in [1.54, 1.807) is 0 Å². The molecule has 0 aliphatic carbocycles. The molecule has 0 radical (unpaired) electrons. The summed E-state index contributed by atoms with van der Waals surface area (Å²) in [6.45, 7) is 12.6. The van der Waals surface area contributed by atoms with Gasteiger partial charge >= 0.3 is 0 Å². The molecule has 1 nitrogen and oxygen atoms in total. The van der Waals surface area contributed by atoms with Crippen LogP contribution >= 0.6 is 0 Å². The summed E-state index contributed by atoms with van der Waals surface area (Å²) in [6.07, 6.45) is 8.86. The third-order valence-corrected chi connectivity index (χ3v) is 3.54. The van der Waals surface area contributed by atoms with Crippen molar-refractivity contribution in [3.05, 3.63) is 12.2 Å². The molecule has 0 fully saturated rings. The number of Topliss-reactive ketones (excluding diaryl/α,β-unsaturated/α-hetero) is 1. The van der Waals surface area contributed by atoms with E-state index < -0.39 is 0 Å². The highest BCUT2D eigenvalue weighted by atomic mass is 16.1. The van der Waals surface area contributed by atoms with E-state index in [4.69, 9.17) is 0 Å². The number of hydrogen-bond donors (Lipinski definition) is 0. The van der Waals surface area contributed by atoms with E-state index in [9.17, 15) is 4.79 Å². The Kier molecular flexibility index (Phi) is 8.20. The Hall–Kier alpha value is -0.590. The molecule has 0 heterocycles. The first-order valence-corrected chi connectivity index (χ1v) is 7.18. The number of carbonyl (C=O) groups is 1. The molecule has 0 amide bonds. The predicted octanol–water partition coefficient (Wildman–Crippen LogP) is 5.30. The second kappa shape index (κ2) is 8.49. The van der Waals surface area contributed by atoms with Crippen molar-refractivity contribution >= 4 is 5.78 Å². The summed E-state index contributed by atoms with van der Waals surface area (Å²) in [6, 6.07) is 0. The molecule has 0 N–H and O–H groups in total. The van der Waals surface area contributed by atoms with Crippen LogP contribution in [0.4, 0.5) is 0 Å². The first-order chi connectivity index (χ1) is 7.95. The van der Waals surface area contributed by atoms with Gasteiger partial charge in [0.25, 0.3) is 0 Å². The minimum atomic E-state index is -0.0186. The lowest BCUT2D eigenvalue weighted by molar-refractivity contribution is -0.116. The van der Waals surface area contributed by atoms with Crippen molar-refractivity contribution in [3.63, 3.8) is 0 Å². The molecule has 0 atom stereocenters. The molecule has 0 spiro atoms. The summed E-state index contributed by atoms with van der Waals surface area (Å²) in [5, 5.41) is 0. The van der Waals surface area contributed by atoms with Gasteiger partial charge in [-0.2, -0.15) is 0 Å². The molecule has 17 heavy (non-hydrogen) atoms. The highest BCUT2D eigenvalue weighted by molar-refractivity contribution is 5.95. The van der Waals surface area contributed by atoms with Gasteiger partial charge in [0, 0.05) is 6.42 Å². The van der Waals surface area contributed by atoms with Gasteiger partial charge in [-0.25, -0.2) is 0 Å². The molecule has 1 heteroatoms. The first-order valence-electron chi connectivity index (χ1n) is 7.18. The lowest BCUT2D eigenvalue weighted by Crippen LogP contribution is -2.20. The monoisotopic (exact) mass is 238 g/mol. The van der Waals surface area contributed by atoms with Crippen LogP contribution in [0.5, 0.6) is 0 Å². The van der Waals surface area contributed by atoms with E-state index in [-0.39, 0.29) is 11.2 Å². The molecule has 0 aliphatic heterocycles. The van der Waals surface area contributed by atoms with E-state index in [0.717, 1.165) is 24.8 Å². The zero-order valence-electron chi connectivity index (χ0n) is 12.3. The lowest BCUT2D eigenvalue weighted by Gasteiger charge is -2.25. The Labute approximate surface area is 108 Å². The molecule has 0 rings (SSSR count). The fourth-order valence-electron chi connectivity index (χ4n) is 2.19. The van der Waals surface area contributed by atoms with E-state index in [0.29, 0.717) is 6.42 Å². The van der Waals surface area contributed by atoms with Crippen LogP contribution in [0.15, 0.2) is 12.2 Å². The summed E-state index contributed by atoms with van der Waals surface area (Å²) in [7, 11) is 0. The summed E-state index contributed by atoms with van der Waals surface area (Å²) < 4.78 is 0. The predicted molar refractivity (Wildman–Crippen MR) is 76.2 cm³/mol. The molecular weight excluding hydrogens is 208 g/mol. The van der Waals surface area contributed by atoms with Crippen LogP contribution in [0.25, 0.3) is 0 Å². The Morgan fingerprint density at radius 1 is 1.00 bits per heavy atom. The van der Waals surface area contributed by atoms with Crippen molar-refractivity contribution in [2.24, 2.45) is 5.41 Å². The van der Waals surface area contributed by atoms with Crippen LogP contribution in [-0.4, -0.2) is 5.78 Å². The second-order valence-electron chi connectivity index (χ2n) is 5.70. The molecule has 0 aromatic heterocycles. The quantitative estimate of drug-likeness (QED) is 0.373. The topological polar surface area (TPSA) is 17.1 Å². The van der Waals surface area contributed by atoms with E-state index >= 15 is 0 Å². The average Bonchev–Trinajstić information content (AvgIpc) is 2.27. The van der Waals surface area contributed by atoms with Gasteiger partial charge in [0.05, 0.1) is 0 Å². The van der Waals surface area contributed by atoms with Crippen molar-refractivity contribution in [1.82, 2.24) is 0 Å². The van der Waals surface area contributed by atoms with Gasteiger partial charge in [-0.15, -0.1) is 0 Å². The maximum absolute atomic E-state index is 12.0. The van der Waals surface area contributed by atoms with Gasteiger partial charge in [0.15, 0.2) is 5.78 Å². The van der Waals surface area contributed by atoms with Crippen molar-refractivity contribution in [1.29, 1.82) is 0 Å². The van der Waals surface area contributed by atoms with Crippen LogP contribution in [0.2, 0.25) is 0 Å².